The van der Waals surface area contributed by atoms with Gasteiger partial charge in [-0.05, 0) is 38.4 Å². The Balaban J connectivity index is 0.00000192. The Morgan fingerprint density at radius 1 is 1.09 bits per heavy atom. The van der Waals surface area contributed by atoms with E-state index in [-0.39, 0.29) is 12.4 Å². The summed E-state index contributed by atoms with van der Waals surface area (Å²) in [5.41, 5.74) is 3.27. The molecule has 122 valence electrons. The van der Waals surface area contributed by atoms with E-state index < -0.39 is 0 Å². The fourth-order valence-electron chi connectivity index (χ4n) is 2.58. The highest BCUT2D eigenvalue weighted by atomic mass is 35.5. The number of nitrogens with zero attached hydrogens (tertiary/aromatic N) is 3. The minimum absolute atomic E-state index is 0. The highest BCUT2D eigenvalue weighted by Crippen LogP contribution is 2.27. The average Bonchev–Trinajstić information content (AvgIpc) is 2.91. The summed E-state index contributed by atoms with van der Waals surface area (Å²) in [5.74, 6) is 1.84. The minimum atomic E-state index is 0. The molecule has 0 N–H and O–H groups in total. The molecule has 0 fully saturated rings. The van der Waals surface area contributed by atoms with Gasteiger partial charge in [0.2, 0.25) is 0 Å². The predicted octanol–water partition coefficient (Wildman–Crippen LogP) is 3.70. The van der Waals surface area contributed by atoms with Crippen molar-refractivity contribution in [3.8, 4) is 17.1 Å². The van der Waals surface area contributed by atoms with Gasteiger partial charge >= 0.3 is 0 Å². The maximum absolute atomic E-state index is 5.34. The molecule has 0 amide bonds. The van der Waals surface area contributed by atoms with Gasteiger partial charge in [-0.2, -0.15) is 0 Å². The van der Waals surface area contributed by atoms with Crippen LogP contribution in [-0.4, -0.2) is 42.2 Å². The van der Waals surface area contributed by atoms with E-state index in [1.54, 1.807) is 7.11 Å². The first-order valence-corrected chi connectivity index (χ1v) is 7.43. The van der Waals surface area contributed by atoms with Crippen molar-refractivity contribution in [2.75, 3.05) is 27.7 Å². The van der Waals surface area contributed by atoms with Crippen molar-refractivity contribution >= 4 is 23.4 Å². The monoisotopic (exact) mass is 331 g/mol. The number of rotatable bonds is 5. The lowest BCUT2D eigenvalue weighted by atomic mass is 10.2. The molecule has 0 aliphatic heterocycles. The Kier molecular flexibility index (Phi) is 5.64. The highest BCUT2D eigenvalue weighted by Gasteiger charge is 2.12. The van der Waals surface area contributed by atoms with Crippen LogP contribution in [-0.2, 0) is 6.54 Å². The number of para-hydroxylation sites is 2. The summed E-state index contributed by atoms with van der Waals surface area (Å²) < 4.78 is 7.63. The van der Waals surface area contributed by atoms with E-state index in [1.807, 2.05) is 24.3 Å². The number of fused-ring (bicyclic) bond motifs is 1. The molecule has 0 bridgehead atoms. The van der Waals surface area contributed by atoms with Gasteiger partial charge in [0.1, 0.15) is 11.6 Å². The summed E-state index contributed by atoms with van der Waals surface area (Å²) in [6, 6.07) is 16.3. The van der Waals surface area contributed by atoms with E-state index in [2.05, 4.69) is 47.8 Å². The van der Waals surface area contributed by atoms with Crippen LogP contribution < -0.4 is 4.74 Å². The molecule has 1 heterocycles. The molecular formula is C18H22ClN3O. The zero-order chi connectivity index (χ0) is 15.5. The summed E-state index contributed by atoms with van der Waals surface area (Å²) in [6.07, 6.45) is 0. The summed E-state index contributed by atoms with van der Waals surface area (Å²) >= 11 is 0. The molecular weight excluding hydrogens is 310 g/mol. The molecule has 0 radical (unpaired) electrons. The third kappa shape index (κ3) is 3.66. The van der Waals surface area contributed by atoms with Crippen LogP contribution in [0.5, 0.6) is 5.75 Å². The van der Waals surface area contributed by atoms with Crippen molar-refractivity contribution in [1.29, 1.82) is 0 Å². The second-order valence-electron chi connectivity index (χ2n) is 5.61. The van der Waals surface area contributed by atoms with Crippen molar-refractivity contribution in [3.63, 3.8) is 0 Å². The molecule has 0 unspecified atom stereocenters. The molecule has 0 atom stereocenters. The normalized spacial score (nSPS) is 10.8. The molecule has 23 heavy (non-hydrogen) atoms. The Labute approximate surface area is 143 Å². The number of imidazole rings is 1. The maximum Gasteiger partial charge on any atom is 0.141 e. The van der Waals surface area contributed by atoms with Crippen LogP contribution in [0.3, 0.4) is 0 Å². The number of hydrogen-bond acceptors (Lipinski definition) is 3. The van der Waals surface area contributed by atoms with Crippen molar-refractivity contribution in [2.45, 2.75) is 6.54 Å². The first-order valence-electron chi connectivity index (χ1n) is 7.43. The van der Waals surface area contributed by atoms with Crippen molar-refractivity contribution < 1.29 is 4.74 Å². The van der Waals surface area contributed by atoms with Gasteiger partial charge in [-0.25, -0.2) is 4.98 Å². The lowest BCUT2D eigenvalue weighted by molar-refractivity contribution is 0.387. The molecule has 3 aromatic rings. The molecule has 4 nitrogen and oxygen atoms in total. The van der Waals surface area contributed by atoms with Gasteiger partial charge in [-0.1, -0.05) is 24.3 Å². The summed E-state index contributed by atoms with van der Waals surface area (Å²) in [4.78, 5) is 7.01. The number of likely N-dealkylation sites (N-methyl/N-ethyl adjacent to an activating group) is 1. The van der Waals surface area contributed by atoms with Crippen LogP contribution in [0.15, 0.2) is 48.5 Å². The molecule has 0 spiro atoms. The highest BCUT2D eigenvalue weighted by molar-refractivity contribution is 5.85. The Morgan fingerprint density at radius 2 is 1.87 bits per heavy atom. The number of hydrogen-bond donors (Lipinski definition) is 0. The fraction of sp³-hybridized carbons (Fsp3) is 0.278. The summed E-state index contributed by atoms with van der Waals surface area (Å²) in [5, 5.41) is 0. The number of methoxy groups -OCH3 is 1. The minimum Gasteiger partial charge on any atom is -0.497 e. The van der Waals surface area contributed by atoms with E-state index in [1.165, 1.54) is 5.52 Å². The van der Waals surface area contributed by atoms with E-state index in [9.17, 15) is 0 Å². The van der Waals surface area contributed by atoms with Crippen LogP contribution in [0, 0.1) is 0 Å². The smallest absolute Gasteiger partial charge is 0.141 e. The van der Waals surface area contributed by atoms with Gasteiger partial charge in [0.05, 0.1) is 18.1 Å². The first kappa shape index (κ1) is 17.3. The Bertz CT molecular complexity index is 783. The third-order valence-electron chi connectivity index (χ3n) is 3.75. The topological polar surface area (TPSA) is 30.3 Å². The van der Waals surface area contributed by atoms with Crippen LogP contribution in [0.1, 0.15) is 0 Å². The van der Waals surface area contributed by atoms with Crippen LogP contribution in [0.2, 0.25) is 0 Å². The molecule has 5 heteroatoms. The Hall–Kier alpha value is -2.04. The standard InChI is InChI=1S/C18H21N3O.ClH/c1-20(2)11-12-21-17-10-5-4-9-16(17)19-18(21)14-7-6-8-15(13-14)22-3;/h4-10,13H,11-12H2,1-3H3;1H. The fourth-order valence-corrected chi connectivity index (χ4v) is 2.58. The second-order valence-corrected chi connectivity index (χ2v) is 5.61. The molecule has 0 saturated heterocycles. The lowest BCUT2D eigenvalue weighted by Crippen LogP contribution is -2.18. The van der Waals surface area contributed by atoms with Gasteiger partial charge < -0.3 is 14.2 Å². The van der Waals surface area contributed by atoms with Gasteiger partial charge in [0.25, 0.3) is 0 Å². The molecule has 0 aliphatic rings. The van der Waals surface area contributed by atoms with E-state index in [4.69, 9.17) is 9.72 Å². The van der Waals surface area contributed by atoms with E-state index in [0.29, 0.717) is 0 Å². The second kappa shape index (κ2) is 7.49. The van der Waals surface area contributed by atoms with Crippen LogP contribution >= 0.6 is 12.4 Å². The predicted molar refractivity (Wildman–Crippen MR) is 97.5 cm³/mol. The van der Waals surface area contributed by atoms with Gasteiger partial charge in [-0.15, -0.1) is 12.4 Å². The number of benzene rings is 2. The first-order chi connectivity index (χ1) is 10.7. The van der Waals surface area contributed by atoms with Crippen molar-refractivity contribution in [3.05, 3.63) is 48.5 Å². The summed E-state index contributed by atoms with van der Waals surface area (Å²) in [7, 11) is 5.86. The number of ether oxygens (including phenoxy) is 1. The van der Waals surface area contributed by atoms with Crippen molar-refractivity contribution in [1.82, 2.24) is 14.5 Å². The molecule has 1 aromatic heterocycles. The summed E-state index contributed by atoms with van der Waals surface area (Å²) in [6.45, 7) is 1.87. The van der Waals surface area contributed by atoms with E-state index in [0.717, 1.165) is 35.7 Å². The van der Waals surface area contributed by atoms with Gasteiger partial charge in [0.15, 0.2) is 0 Å². The zero-order valence-electron chi connectivity index (χ0n) is 13.7. The number of aromatic nitrogens is 2. The molecule has 2 aromatic carbocycles. The van der Waals surface area contributed by atoms with E-state index >= 15 is 0 Å². The Morgan fingerprint density at radius 3 is 2.61 bits per heavy atom. The molecule has 0 aliphatic carbocycles. The molecule has 0 saturated carbocycles. The molecule has 3 rings (SSSR count). The van der Waals surface area contributed by atoms with Gasteiger partial charge in [0, 0.05) is 18.7 Å². The largest absolute Gasteiger partial charge is 0.497 e. The SMILES string of the molecule is COc1cccc(-c2nc3ccccc3n2CCN(C)C)c1.Cl. The van der Waals surface area contributed by atoms with Crippen LogP contribution in [0.25, 0.3) is 22.4 Å². The number of halogens is 1. The van der Waals surface area contributed by atoms with Crippen LogP contribution in [0.4, 0.5) is 0 Å². The average molecular weight is 332 g/mol. The zero-order valence-corrected chi connectivity index (χ0v) is 14.5. The van der Waals surface area contributed by atoms with Gasteiger partial charge in [-0.3, -0.25) is 0 Å². The quantitative estimate of drug-likeness (QED) is 0.714. The van der Waals surface area contributed by atoms with Crippen molar-refractivity contribution in [2.24, 2.45) is 0 Å². The lowest BCUT2D eigenvalue weighted by Gasteiger charge is -2.13. The maximum atomic E-state index is 5.34. The third-order valence-corrected chi connectivity index (χ3v) is 3.75.